The zero-order valence-corrected chi connectivity index (χ0v) is 21.0. The number of amides is 1. The Morgan fingerprint density at radius 1 is 1.09 bits per heavy atom. The molecule has 3 aliphatic rings. The number of aryl methyl sites for hydroxylation is 1. The van der Waals surface area contributed by atoms with Crippen molar-refractivity contribution in [1.29, 1.82) is 0 Å². The molecule has 5 rings (SSSR count). The van der Waals surface area contributed by atoms with Crippen molar-refractivity contribution in [3.05, 3.63) is 46.8 Å². The average molecular weight is 484 g/mol. The molecule has 1 saturated carbocycles. The lowest BCUT2D eigenvalue weighted by atomic mass is 10.0. The number of benzene rings is 1. The topological polar surface area (TPSA) is 71.9 Å². The Morgan fingerprint density at radius 2 is 1.79 bits per heavy atom. The molecule has 1 aromatic heterocycles. The minimum atomic E-state index is -3.65. The molecule has 3 heterocycles. The lowest BCUT2D eigenvalue weighted by Crippen LogP contribution is -2.40. The first-order valence-corrected chi connectivity index (χ1v) is 13.7. The maximum absolute atomic E-state index is 13.4. The average Bonchev–Trinajstić information content (AvgIpc) is 3.52. The van der Waals surface area contributed by atoms with Crippen LogP contribution >= 0.6 is 0 Å². The normalized spacial score (nSPS) is 21.1. The molecule has 182 valence electrons. The molecule has 0 radical (unpaired) electrons. The van der Waals surface area contributed by atoms with Gasteiger partial charge in [-0.3, -0.25) is 4.79 Å². The van der Waals surface area contributed by atoms with Gasteiger partial charge >= 0.3 is 0 Å². The van der Waals surface area contributed by atoms with Crippen LogP contribution in [0.5, 0.6) is 0 Å². The minimum absolute atomic E-state index is 0.0795. The van der Waals surface area contributed by atoms with E-state index in [0.29, 0.717) is 50.0 Å². The molecule has 7 nitrogen and oxygen atoms in total. The molecule has 1 saturated heterocycles. The highest BCUT2D eigenvalue weighted by Crippen LogP contribution is 2.41. The van der Waals surface area contributed by atoms with E-state index >= 15 is 0 Å². The summed E-state index contributed by atoms with van der Waals surface area (Å²) in [4.78, 5) is 15.3. The summed E-state index contributed by atoms with van der Waals surface area (Å²) in [5.74, 6) is -0.0795. The minimum Gasteiger partial charge on any atom is -0.379 e. The number of anilines is 1. The van der Waals surface area contributed by atoms with Crippen molar-refractivity contribution in [3.8, 4) is 0 Å². The summed E-state index contributed by atoms with van der Waals surface area (Å²) >= 11 is 0. The molecule has 0 N–H and O–H groups in total. The van der Waals surface area contributed by atoms with Crippen LogP contribution in [-0.4, -0.2) is 56.0 Å². The van der Waals surface area contributed by atoms with Crippen LogP contribution < -0.4 is 4.90 Å². The fraction of sp³-hybridized carbons (Fsp3) is 0.500. The van der Waals surface area contributed by atoms with E-state index in [4.69, 9.17) is 4.74 Å². The molecule has 1 aliphatic carbocycles. The van der Waals surface area contributed by atoms with Crippen molar-refractivity contribution in [2.24, 2.45) is 0 Å². The summed E-state index contributed by atoms with van der Waals surface area (Å²) in [6, 6.07) is 7.74. The summed E-state index contributed by atoms with van der Waals surface area (Å²) in [6.45, 7) is 8.19. The highest BCUT2D eigenvalue weighted by atomic mass is 32.2. The van der Waals surface area contributed by atoms with Crippen LogP contribution in [0.25, 0.3) is 11.6 Å². The second-order valence-electron chi connectivity index (χ2n) is 9.44. The number of carbonyl (C=O) groups is 1. The summed E-state index contributed by atoms with van der Waals surface area (Å²) in [7, 11) is -3.65. The van der Waals surface area contributed by atoms with Crippen molar-refractivity contribution in [3.63, 3.8) is 0 Å². The summed E-state index contributed by atoms with van der Waals surface area (Å²) in [5, 5.41) is 0. The summed E-state index contributed by atoms with van der Waals surface area (Å²) in [6.07, 6.45) is 6.86. The molecule has 1 aromatic carbocycles. The van der Waals surface area contributed by atoms with E-state index in [2.05, 4.69) is 24.5 Å². The fourth-order valence-electron chi connectivity index (χ4n) is 5.71. The number of morpholine rings is 1. The quantitative estimate of drug-likeness (QED) is 0.599. The van der Waals surface area contributed by atoms with Crippen LogP contribution in [0, 0.1) is 13.8 Å². The fourth-order valence-corrected chi connectivity index (χ4v) is 7.15. The maximum Gasteiger partial charge on any atom is 0.258 e. The molecule has 0 bridgehead atoms. The number of nitrogens with zero attached hydrogens (tertiary/aromatic N) is 3. The van der Waals surface area contributed by atoms with Crippen LogP contribution in [0.2, 0.25) is 0 Å². The molecule has 0 unspecified atom stereocenters. The van der Waals surface area contributed by atoms with Gasteiger partial charge in [-0.15, -0.1) is 0 Å². The lowest BCUT2D eigenvalue weighted by Gasteiger charge is -2.26. The highest BCUT2D eigenvalue weighted by Gasteiger charge is 2.34. The lowest BCUT2D eigenvalue weighted by molar-refractivity contribution is -0.112. The number of aromatic nitrogens is 1. The van der Waals surface area contributed by atoms with E-state index in [1.807, 2.05) is 13.0 Å². The number of rotatable bonds is 5. The first-order chi connectivity index (χ1) is 16.3. The number of sulfonamides is 1. The van der Waals surface area contributed by atoms with E-state index in [-0.39, 0.29) is 10.8 Å². The SMILES string of the molecule is CCN1C(=O)C(=Cc2cc(C)n(C3CCCC3)c2C)c2cc(S(=O)(=O)N3CCOCC3)ccc21. The smallest absolute Gasteiger partial charge is 0.258 e. The van der Waals surface area contributed by atoms with Crippen LogP contribution in [0.4, 0.5) is 5.69 Å². The van der Waals surface area contributed by atoms with Gasteiger partial charge in [0.2, 0.25) is 10.0 Å². The largest absolute Gasteiger partial charge is 0.379 e. The Bertz CT molecular complexity index is 1250. The molecule has 0 spiro atoms. The van der Waals surface area contributed by atoms with Crippen molar-refractivity contribution < 1.29 is 17.9 Å². The zero-order chi connectivity index (χ0) is 24.0. The van der Waals surface area contributed by atoms with Gasteiger partial charge in [0, 0.05) is 48.2 Å². The van der Waals surface area contributed by atoms with Crippen LogP contribution in [-0.2, 0) is 19.6 Å². The first kappa shape index (κ1) is 23.3. The van der Waals surface area contributed by atoms with E-state index in [1.54, 1.807) is 23.1 Å². The molecule has 1 amide bonds. The number of likely N-dealkylation sites (N-methyl/N-ethyl adjacent to an activating group) is 1. The van der Waals surface area contributed by atoms with Gasteiger partial charge in [0.25, 0.3) is 5.91 Å². The van der Waals surface area contributed by atoms with Crippen molar-refractivity contribution in [1.82, 2.24) is 8.87 Å². The number of hydrogen-bond donors (Lipinski definition) is 0. The van der Waals surface area contributed by atoms with E-state index < -0.39 is 10.0 Å². The van der Waals surface area contributed by atoms with E-state index in [0.717, 1.165) is 11.3 Å². The first-order valence-electron chi connectivity index (χ1n) is 12.3. The van der Waals surface area contributed by atoms with Gasteiger partial charge in [0.05, 0.1) is 23.8 Å². The van der Waals surface area contributed by atoms with Gasteiger partial charge in [-0.2, -0.15) is 4.31 Å². The predicted octanol–water partition coefficient (Wildman–Crippen LogP) is 4.15. The Morgan fingerprint density at radius 3 is 2.47 bits per heavy atom. The van der Waals surface area contributed by atoms with Gasteiger partial charge in [-0.25, -0.2) is 8.42 Å². The third-order valence-electron chi connectivity index (χ3n) is 7.46. The number of carbonyl (C=O) groups excluding carboxylic acids is 1. The van der Waals surface area contributed by atoms with E-state index in [1.165, 1.54) is 41.4 Å². The Hall–Kier alpha value is -2.42. The highest BCUT2D eigenvalue weighted by molar-refractivity contribution is 7.89. The maximum atomic E-state index is 13.4. The molecular formula is C26H33N3O4S. The van der Waals surface area contributed by atoms with Crippen LogP contribution in [0.15, 0.2) is 29.2 Å². The van der Waals surface area contributed by atoms with Crippen molar-refractivity contribution in [2.75, 3.05) is 37.7 Å². The third kappa shape index (κ3) is 3.82. The van der Waals surface area contributed by atoms with Crippen molar-refractivity contribution >= 4 is 33.3 Å². The number of hydrogen-bond acceptors (Lipinski definition) is 4. The van der Waals surface area contributed by atoms with Crippen molar-refractivity contribution in [2.45, 2.75) is 57.4 Å². The molecular weight excluding hydrogens is 450 g/mol. The molecule has 2 fully saturated rings. The molecule has 2 aliphatic heterocycles. The van der Waals surface area contributed by atoms with Gasteiger partial charge in [-0.1, -0.05) is 12.8 Å². The second-order valence-corrected chi connectivity index (χ2v) is 11.4. The van der Waals surface area contributed by atoms with Gasteiger partial charge in [0.15, 0.2) is 0 Å². The monoisotopic (exact) mass is 483 g/mol. The second kappa shape index (κ2) is 8.98. The summed E-state index contributed by atoms with van der Waals surface area (Å²) < 4.78 is 35.8. The summed E-state index contributed by atoms with van der Waals surface area (Å²) in [5.41, 5.74) is 5.41. The van der Waals surface area contributed by atoms with Gasteiger partial charge < -0.3 is 14.2 Å². The molecule has 8 heteroatoms. The number of fused-ring (bicyclic) bond motifs is 1. The molecule has 34 heavy (non-hydrogen) atoms. The standard InChI is InChI=1S/C26H33N3O4S/c1-4-28-25-10-9-22(34(31,32)27-11-13-33-14-12-27)17-23(25)24(26(28)30)16-20-15-18(2)29(19(20)3)21-7-5-6-8-21/h9-10,15-17,21H,4-8,11-14H2,1-3H3. The van der Waals surface area contributed by atoms with Gasteiger partial charge in [0.1, 0.15) is 0 Å². The van der Waals surface area contributed by atoms with Crippen LogP contribution in [0.3, 0.4) is 0 Å². The predicted molar refractivity (Wildman–Crippen MR) is 133 cm³/mol. The Balaban J connectivity index is 1.58. The third-order valence-corrected chi connectivity index (χ3v) is 9.36. The number of ether oxygens (including phenoxy) is 1. The van der Waals surface area contributed by atoms with E-state index in [9.17, 15) is 13.2 Å². The Labute approximate surface area is 202 Å². The Kier molecular flexibility index (Phi) is 6.16. The molecule has 0 atom stereocenters. The zero-order valence-electron chi connectivity index (χ0n) is 20.2. The van der Waals surface area contributed by atoms with Crippen LogP contribution in [0.1, 0.15) is 61.2 Å². The van der Waals surface area contributed by atoms with Gasteiger partial charge in [-0.05, 0) is 69.5 Å². The molecule has 2 aromatic rings.